The van der Waals surface area contributed by atoms with E-state index in [9.17, 15) is 14.0 Å². The van der Waals surface area contributed by atoms with Crippen molar-refractivity contribution in [1.82, 2.24) is 19.5 Å². The Balaban J connectivity index is 2.25. The van der Waals surface area contributed by atoms with Crippen LogP contribution in [0.5, 0.6) is 0 Å². The number of fused-ring (bicyclic) bond motifs is 1. The second-order valence-electron chi connectivity index (χ2n) is 8.92. The molecule has 0 saturated carbocycles. The van der Waals surface area contributed by atoms with Gasteiger partial charge >= 0.3 is 18.2 Å². The number of anilines is 1. The van der Waals surface area contributed by atoms with Crippen molar-refractivity contribution in [2.75, 3.05) is 26.1 Å². The minimum Gasteiger partial charge on any atom is -0.461 e. The third-order valence-corrected chi connectivity index (χ3v) is 6.09. The van der Waals surface area contributed by atoms with E-state index in [2.05, 4.69) is 34.7 Å². The monoisotopic (exact) mass is 535 g/mol. The number of hydrogen-bond acceptors (Lipinski definition) is 10. The Morgan fingerprint density at radius 1 is 1.13 bits per heavy atom. The number of halogens is 1. The number of unbranched alkanes of at least 4 members (excludes halogenated alkanes) is 6. The van der Waals surface area contributed by atoms with Crippen LogP contribution in [0.15, 0.2) is 6.33 Å². The lowest BCUT2D eigenvalue weighted by molar-refractivity contribution is -0.159. The van der Waals surface area contributed by atoms with E-state index in [1.54, 1.807) is 0 Å². The molecule has 0 amide bonds. The van der Waals surface area contributed by atoms with Crippen molar-refractivity contribution in [1.29, 1.82) is 0 Å². The van der Waals surface area contributed by atoms with Gasteiger partial charge in [-0.2, -0.15) is 14.4 Å². The molecule has 2 heterocycles. The van der Waals surface area contributed by atoms with E-state index in [-0.39, 0.29) is 43.2 Å². The molecule has 2 rings (SSSR count). The largest absolute Gasteiger partial charge is 0.508 e. The summed E-state index contributed by atoms with van der Waals surface area (Å²) in [6.45, 7) is 3.75. The molecule has 0 aliphatic rings. The number of carbonyl (C=O) groups excluding carboxylic acids is 2. The lowest BCUT2D eigenvalue weighted by Crippen LogP contribution is -2.51. The maximum atomic E-state index is 13.9. The number of imidazole rings is 1. The SMILES string of the molecule is C#C[C@](COC(=O)CCCCCC)(OC)[C@H](Cn1cnc2c(N)nc(F)nc21)OC(=O)OCCCCCC. The molecule has 12 heteroatoms. The molecular weight excluding hydrogens is 497 g/mol. The Bertz CT molecular complexity index is 1090. The molecule has 11 nitrogen and oxygen atoms in total. The molecule has 0 radical (unpaired) electrons. The summed E-state index contributed by atoms with van der Waals surface area (Å²) in [4.78, 5) is 36.3. The third kappa shape index (κ3) is 8.83. The highest BCUT2D eigenvalue weighted by Gasteiger charge is 2.43. The molecule has 0 aromatic carbocycles. The highest BCUT2D eigenvalue weighted by molar-refractivity contribution is 5.81. The van der Waals surface area contributed by atoms with Crippen molar-refractivity contribution in [2.45, 2.75) is 89.9 Å². The highest BCUT2D eigenvalue weighted by atomic mass is 19.1. The summed E-state index contributed by atoms with van der Waals surface area (Å²) < 4.78 is 37.1. The molecule has 2 N–H and O–H groups in total. The van der Waals surface area contributed by atoms with Crippen LogP contribution >= 0.6 is 0 Å². The molecule has 2 aromatic rings. The topological polar surface area (TPSA) is 141 Å². The van der Waals surface area contributed by atoms with Gasteiger partial charge in [-0.15, -0.1) is 6.42 Å². The number of hydrogen-bond donors (Lipinski definition) is 1. The Morgan fingerprint density at radius 3 is 2.50 bits per heavy atom. The molecule has 0 saturated heterocycles. The molecule has 2 atom stereocenters. The minimum absolute atomic E-state index is 0.0616. The fraction of sp³-hybridized carbons (Fsp3) is 0.654. The van der Waals surface area contributed by atoms with Gasteiger partial charge in [-0.05, 0) is 12.8 Å². The summed E-state index contributed by atoms with van der Waals surface area (Å²) in [5, 5.41) is 0. The second kappa shape index (κ2) is 15.7. The van der Waals surface area contributed by atoms with Gasteiger partial charge in [0, 0.05) is 13.5 Å². The van der Waals surface area contributed by atoms with E-state index in [1.807, 2.05) is 0 Å². The van der Waals surface area contributed by atoms with Crippen LogP contribution in [-0.4, -0.2) is 63.7 Å². The van der Waals surface area contributed by atoms with Crippen LogP contribution in [0.4, 0.5) is 15.0 Å². The van der Waals surface area contributed by atoms with Gasteiger partial charge in [-0.3, -0.25) is 4.79 Å². The number of nitrogens with zero attached hydrogens (tertiary/aromatic N) is 4. The van der Waals surface area contributed by atoms with Gasteiger partial charge in [0.1, 0.15) is 12.1 Å². The van der Waals surface area contributed by atoms with Gasteiger partial charge in [0.25, 0.3) is 0 Å². The predicted molar refractivity (Wildman–Crippen MR) is 138 cm³/mol. The van der Waals surface area contributed by atoms with Crippen molar-refractivity contribution >= 4 is 29.1 Å². The number of esters is 1. The van der Waals surface area contributed by atoms with Crippen LogP contribution in [0.1, 0.15) is 71.6 Å². The van der Waals surface area contributed by atoms with Crippen LogP contribution in [0.3, 0.4) is 0 Å². The molecule has 0 unspecified atom stereocenters. The van der Waals surface area contributed by atoms with Crippen LogP contribution in [0.2, 0.25) is 0 Å². The lowest BCUT2D eigenvalue weighted by Gasteiger charge is -2.34. The number of aromatic nitrogens is 4. The minimum atomic E-state index is -1.69. The van der Waals surface area contributed by atoms with E-state index >= 15 is 0 Å². The van der Waals surface area contributed by atoms with Crippen LogP contribution < -0.4 is 5.73 Å². The normalized spacial score (nSPS) is 13.4. The lowest BCUT2D eigenvalue weighted by atomic mass is 9.97. The van der Waals surface area contributed by atoms with Crippen molar-refractivity contribution in [3.8, 4) is 12.3 Å². The fourth-order valence-electron chi connectivity index (χ4n) is 3.80. The average Bonchev–Trinajstić information content (AvgIpc) is 3.30. The first-order valence-electron chi connectivity index (χ1n) is 13.0. The zero-order chi connectivity index (χ0) is 28.0. The molecule has 38 heavy (non-hydrogen) atoms. The Kier molecular flexibility index (Phi) is 12.7. The number of methoxy groups -OCH3 is 1. The maximum absolute atomic E-state index is 13.9. The number of terminal acetylenes is 1. The number of nitrogen functional groups attached to an aromatic ring is 1. The van der Waals surface area contributed by atoms with Crippen molar-refractivity contribution in [3.63, 3.8) is 0 Å². The molecule has 0 aliphatic heterocycles. The molecule has 0 spiro atoms. The van der Waals surface area contributed by atoms with E-state index in [0.717, 1.165) is 38.5 Å². The summed E-state index contributed by atoms with van der Waals surface area (Å²) >= 11 is 0. The molecule has 0 bridgehead atoms. The van der Waals surface area contributed by atoms with E-state index in [1.165, 1.54) is 18.0 Å². The number of ether oxygens (including phenoxy) is 4. The first-order valence-corrected chi connectivity index (χ1v) is 13.0. The van der Waals surface area contributed by atoms with E-state index < -0.39 is 29.9 Å². The average molecular weight is 536 g/mol. The summed E-state index contributed by atoms with van der Waals surface area (Å²) in [6, 6.07) is 0. The number of nitrogens with two attached hydrogens (primary N) is 1. The number of rotatable bonds is 17. The van der Waals surface area contributed by atoms with Crippen molar-refractivity contribution < 1.29 is 32.9 Å². The van der Waals surface area contributed by atoms with Gasteiger partial charge in [0.15, 0.2) is 17.6 Å². The summed E-state index contributed by atoms with van der Waals surface area (Å²) in [5.41, 5.74) is 4.30. The zero-order valence-electron chi connectivity index (χ0n) is 22.4. The van der Waals surface area contributed by atoms with Crippen LogP contribution in [0.25, 0.3) is 11.2 Å². The van der Waals surface area contributed by atoms with E-state index in [0.29, 0.717) is 12.8 Å². The van der Waals surface area contributed by atoms with Crippen LogP contribution in [0, 0.1) is 18.4 Å². The van der Waals surface area contributed by atoms with Crippen molar-refractivity contribution in [3.05, 3.63) is 12.4 Å². The third-order valence-electron chi connectivity index (χ3n) is 6.09. The standard InChI is InChI=1S/C26H38FN5O6/c1-5-8-10-12-14-20(33)37-17-26(7-3,35-4)19(38-25(34)36-15-13-11-9-6-2)16-32-18-29-21-22(28)30-24(27)31-23(21)32/h3,18-19H,5-6,8-17H2,1-2,4H3,(H2,28,30,31)/t19-,26+/m0/s1. The van der Waals surface area contributed by atoms with Gasteiger partial charge in [0.05, 0.1) is 19.5 Å². The predicted octanol–water partition coefficient (Wildman–Crippen LogP) is 4.18. The summed E-state index contributed by atoms with van der Waals surface area (Å²) in [5.74, 6) is 1.87. The second-order valence-corrected chi connectivity index (χ2v) is 8.92. The van der Waals surface area contributed by atoms with Crippen LogP contribution in [-0.2, 0) is 30.3 Å². The fourth-order valence-corrected chi connectivity index (χ4v) is 3.80. The molecule has 0 aliphatic carbocycles. The molecule has 0 fully saturated rings. The Hall–Kier alpha value is -3.46. The van der Waals surface area contributed by atoms with Crippen molar-refractivity contribution in [2.24, 2.45) is 0 Å². The first kappa shape index (κ1) is 30.8. The highest BCUT2D eigenvalue weighted by Crippen LogP contribution is 2.24. The molecule has 210 valence electrons. The summed E-state index contributed by atoms with van der Waals surface area (Å²) in [6.07, 6.45) is 11.4. The van der Waals surface area contributed by atoms with Gasteiger partial charge in [0.2, 0.25) is 5.60 Å². The summed E-state index contributed by atoms with van der Waals surface area (Å²) in [7, 11) is 1.31. The van der Waals surface area contributed by atoms with Gasteiger partial charge in [-0.25, -0.2) is 9.78 Å². The molecule has 2 aromatic heterocycles. The Labute approximate surface area is 222 Å². The first-order chi connectivity index (χ1) is 18.3. The van der Waals surface area contributed by atoms with E-state index in [4.69, 9.17) is 31.1 Å². The van der Waals surface area contributed by atoms with Gasteiger partial charge < -0.3 is 29.2 Å². The maximum Gasteiger partial charge on any atom is 0.508 e. The smallest absolute Gasteiger partial charge is 0.461 e. The number of carbonyl (C=O) groups is 2. The zero-order valence-corrected chi connectivity index (χ0v) is 22.4. The quantitative estimate of drug-likeness (QED) is 0.136. The van der Waals surface area contributed by atoms with Gasteiger partial charge in [-0.1, -0.05) is 58.3 Å². The Morgan fingerprint density at radius 2 is 1.84 bits per heavy atom. The molecular formula is C26H38FN5O6.